The third-order valence-corrected chi connectivity index (χ3v) is 4.41. The van der Waals surface area contributed by atoms with Gasteiger partial charge in [-0.15, -0.1) is 0 Å². The Morgan fingerprint density at radius 1 is 1.22 bits per heavy atom. The molecule has 1 N–H and O–H groups in total. The number of nitrogens with zero attached hydrogens (tertiary/aromatic N) is 1. The second kappa shape index (κ2) is 5.41. The van der Waals surface area contributed by atoms with Crippen LogP contribution in [0.4, 0.5) is 0 Å². The van der Waals surface area contributed by atoms with Gasteiger partial charge in [0.2, 0.25) is 0 Å². The maximum atomic E-state index is 3.49. The molecule has 1 aromatic carbocycles. The van der Waals surface area contributed by atoms with Crippen molar-refractivity contribution in [2.24, 2.45) is 0 Å². The van der Waals surface area contributed by atoms with E-state index in [0.29, 0.717) is 17.6 Å². The van der Waals surface area contributed by atoms with Gasteiger partial charge in [0.15, 0.2) is 0 Å². The average Bonchev–Trinajstić information content (AvgIpc) is 2.71. The highest BCUT2D eigenvalue weighted by atomic mass is 15.3. The lowest BCUT2D eigenvalue weighted by atomic mass is 9.95. The summed E-state index contributed by atoms with van der Waals surface area (Å²) in [6, 6.07) is 11.7. The smallest absolute Gasteiger partial charge is 0.0473 e. The summed E-state index contributed by atoms with van der Waals surface area (Å²) in [6.07, 6.45) is 2.63. The van der Waals surface area contributed by atoms with Gasteiger partial charge in [0.25, 0.3) is 0 Å². The average molecular weight is 246 g/mol. The topological polar surface area (TPSA) is 15.3 Å². The molecule has 1 aliphatic rings. The van der Waals surface area contributed by atoms with Gasteiger partial charge >= 0.3 is 0 Å². The molecule has 1 saturated heterocycles. The summed E-state index contributed by atoms with van der Waals surface area (Å²) in [5, 5.41) is 3.49. The number of likely N-dealkylation sites (tertiary alicyclic amines) is 1. The van der Waals surface area contributed by atoms with Crippen LogP contribution in [-0.4, -0.2) is 30.1 Å². The van der Waals surface area contributed by atoms with Gasteiger partial charge in [-0.3, -0.25) is 4.90 Å². The quantitative estimate of drug-likeness (QED) is 0.877. The van der Waals surface area contributed by atoms with E-state index in [0.717, 1.165) is 0 Å². The second-order valence-electron chi connectivity index (χ2n) is 6.03. The third-order valence-electron chi connectivity index (χ3n) is 4.41. The molecule has 1 heterocycles. The van der Waals surface area contributed by atoms with Gasteiger partial charge in [0.05, 0.1) is 0 Å². The van der Waals surface area contributed by atoms with Crippen molar-refractivity contribution in [3.05, 3.63) is 35.9 Å². The van der Waals surface area contributed by atoms with Crippen LogP contribution in [0.25, 0.3) is 0 Å². The van der Waals surface area contributed by atoms with E-state index in [1.807, 2.05) is 0 Å². The van der Waals surface area contributed by atoms with Crippen LogP contribution < -0.4 is 5.32 Å². The molecule has 2 rings (SSSR count). The molecule has 0 spiro atoms. The van der Waals surface area contributed by atoms with Crippen molar-refractivity contribution >= 4 is 0 Å². The molecule has 2 nitrogen and oxygen atoms in total. The Bertz CT molecular complexity index is 372. The fraction of sp³-hybridized carbons (Fsp3) is 0.625. The van der Waals surface area contributed by atoms with E-state index in [-0.39, 0.29) is 0 Å². The van der Waals surface area contributed by atoms with E-state index in [4.69, 9.17) is 0 Å². The Balaban J connectivity index is 2.18. The summed E-state index contributed by atoms with van der Waals surface area (Å²) in [4.78, 5) is 2.65. The Hall–Kier alpha value is -0.860. The van der Waals surface area contributed by atoms with Crippen molar-refractivity contribution in [1.82, 2.24) is 10.2 Å². The first kappa shape index (κ1) is 13.6. The van der Waals surface area contributed by atoms with Crippen LogP contribution in [-0.2, 0) is 0 Å². The van der Waals surface area contributed by atoms with E-state index < -0.39 is 0 Å². The van der Waals surface area contributed by atoms with Crippen LogP contribution in [0.3, 0.4) is 0 Å². The number of rotatable bonds is 4. The van der Waals surface area contributed by atoms with Crippen LogP contribution >= 0.6 is 0 Å². The lowest BCUT2D eigenvalue weighted by Crippen LogP contribution is -2.49. The van der Waals surface area contributed by atoms with Crippen molar-refractivity contribution in [1.29, 1.82) is 0 Å². The van der Waals surface area contributed by atoms with E-state index >= 15 is 0 Å². The zero-order valence-electron chi connectivity index (χ0n) is 12.1. The molecule has 0 saturated carbocycles. The van der Waals surface area contributed by atoms with Crippen LogP contribution in [0.15, 0.2) is 30.3 Å². The summed E-state index contributed by atoms with van der Waals surface area (Å²) < 4.78 is 0. The molecular weight excluding hydrogens is 220 g/mol. The number of benzene rings is 1. The minimum absolute atomic E-state index is 0.337. The number of nitrogens with one attached hydrogen (secondary N) is 1. The molecule has 1 aromatic rings. The molecule has 2 heteroatoms. The Morgan fingerprint density at radius 2 is 1.89 bits per heavy atom. The molecule has 18 heavy (non-hydrogen) atoms. The molecule has 0 bridgehead atoms. The Morgan fingerprint density at radius 3 is 2.39 bits per heavy atom. The zero-order valence-corrected chi connectivity index (χ0v) is 12.1. The predicted octanol–water partition coefficient (Wildman–Crippen LogP) is 3.21. The summed E-state index contributed by atoms with van der Waals surface area (Å²) >= 11 is 0. The third kappa shape index (κ3) is 2.60. The van der Waals surface area contributed by atoms with Gasteiger partial charge in [-0.1, -0.05) is 30.3 Å². The van der Waals surface area contributed by atoms with Gasteiger partial charge in [-0.25, -0.2) is 0 Å². The van der Waals surface area contributed by atoms with Crippen molar-refractivity contribution in [2.75, 3.05) is 13.6 Å². The second-order valence-corrected chi connectivity index (χ2v) is 6.03. The van der Waals surface area contributed by atoms with E-state index in [1.54, 1.807) is 0 Å². The fourth-order valence-corrected chi connectivity index (χ4v) is 3.41. The highest BCUT2D eigenvalue weighted by Crippen LogP contribution is 2.34. The minimum Gasteiger partial charge on any atom is -0.312 e. The first-order valence-corrected chi connectivity index (χ1v) is 7.05. The van der Waals surface area contributed by atoms with Gasteiger partial charge in [-0.05, 0) is 52.8 Å². The normalized spacial score (nSPS) is 22.9. The molecule has 0 aromatic heterocycles. The standard InChI is InChI=1S/C16H26N2/c1-13(18-12-8-11-16(18,2)3)15(17-4)14-9-6-5-7-10-14/h5-7,9-10,13,15,17H,8,11-12H2,1-4H3. The lowest BCUT2D eigenvalue weighted by molar-refractivity contribution is 0.101. The number of likely N-dealkylation sites (N-methyl/N-ethyl adjacent to an activating group) is 1. The maximum absolute atomic E-state index is 3.49. The predicted molar refractivity (Wildman–Crippen MR) is 77.7 cm³/mol. The molecule has 0 radical (unpaired) electrons. The molecular formula is C16H26N2. The Labute approximate surface area is 111 Å². The van der Waals surface area contributed by atoms with Gasteiger partial charge in [0, 0.05) is 17.6 Å². The number of hydrogen-bond acceptors (Lipinski definition) is 2. The summed E-state index contributed by atoms with van der Waals surface area (Å²) in [5.74, 6) is 0. The molecule has 100 valence electrons. The van der Waals surface area contributed by atoms with Gasteiger partial charge in [-0.2, -0.15) is 0 Å². The van der Waals surface area contributed by atoms with Crippen molar-refractivity contribution in [3.63, 3.8) is 0 Å². The van der Waals surface area contributed by atoms with Crippen molar-refractivity contribution < 1.29 is 0 Å². The van der Waals surface area contributed by atoms with Gasteiger partial charge in [0.1, 0.15) is 0 Å². The van der Waals surface area contributed by atoms with Crippen LogP contribution in [0.1, 0.15) is 45.2 Å². The van der Waals surface area contributed by atoms with Crippen LogP contribution in [0.5, 0.6) is 0 Å². The molecule has 0 aliphatic carbocycles. The Kier molecular flexibility index (Phi) is 4.08. The van der Waals surface area contributed by atoms with E-state index in [1.165, 1.54) is 24.9 Å². The van der Waals surface area contributed by atoms with E-state index in [9.17, 15) is 0 Å². The minimum atomic E-state index is 0.337. The first-order valence-electron chi connectivity index (χ1n) is 7.05. The highest BCUT2D eigenvalue weighted by molar-refractivity contribution is 5.20. The zero-order chi connectivity index (χ0) is 13.2. The van der Waals surface area contributed by atoms with Crippen molar-refractivity contribution in [3.8, 4) is 0 Å². The first-order chi connectivity index (χ1) is 8.56. The van der Waals surface area contributed by atoms with Crippen LogP contribution in [0, 0.1) is 0 Å². The van der Waals surface area contributed by atoms with Gasteiger partial charge < -0.3 is 5.32 Å². The molecule has 2 unspecified atom stereocenters. The molecule has 1 fully saturated rings. The van der Waals surface area contributed by atoms with Crippen molar-refractivity contribution in [2.45, 2.75) is 51.2 Å². The largest absolute Gasteiger partial charge is 0.312 e. The highest BCUT2D eigenvalue weighted by Gasteiger charge is 2.37. The fourth-order valence-electron chi connectivity index (χ4n) is 3.41. The molecule has 0 amide bonds. The van der Waals surface area contributed by atoms with Crippen LogP contribution in [0.2, 0.25) is 0 Å². The lowest BCUT2D eigenvalue weighted by Gasteiger charge is -2.40. The number of hydrogen-bond donors (Lipinski definition) is 1. The molecule has 2 atom stereocenters. The summed E-state index contributed by atoms with van der Waals surface area (Å²) in [5.41, 5.74) is 1.72. The monoisotopic (exact) mass is 246 g/mol. The summed E-state index contributed by atoms with van der Waals surface area (Å²) in [6.45, 7) is 8.31. The van der Waals surface area contributed by atoms with E-state index in [2.05, 4.69) is 68.4 Å². The maximum Gasteiger partial charge on any atom is 0.0473 e. The molecule has 1 aliphatic heterocycles. The SMILES string of the molecule is CNC(c1ccccc1)C(C)N1CCCC1(C)C. The summed E-state index contributed by atoms with van der Waals surface area (Å²) in [7, 11) is 2.07.